The van der Waals surface area contributed by atoms with Gasteiger partial charge in [0.1, 0.15) is 19.8 Å². The van der Waals surface area contributed by atoms with Gasteiger partial charge in [0.25, 0.3) is 0 Å². The van der Waals surface area contributed by atoms with Crippen LogP contribution < -0.4 is 16.0 Å². The zero-order chi connectivity index (χ0) is 24.1. The SMILES string of the molecule is CC(=O)OCc1ccc(NC(=O)CNC(=O)COCC(=O)NC(C)(C)COC(C)C)cc1. The van der Waals surface area contributed by atoms with Gasteiger partial charge in [-0.15, -0.1) is 0 Å². The van der Waals surface area contributed by atoms with Crippen LogP contribution in [0.3, 0.4) is 0 Å². The summed E-state index contributed by atoms with van der Waals surface area (Å²) in [5.41, 5.74) is 0.750. The first-order chi connectivity index (χ1) is 15.0. The number of hydrogen-bond donors (Lipinski definition) is 3. The van der Waals surface area contributed by atoms with E-state index in [1.54, 1.807) is 24.3 Å². The van der Waals surface area contributed by atoms with Crippen LogP contribution >= 0.6 is 0 Å². The van der Waals surface area contributed by atoms with Gasteiger partial charge in [-0.2, -0.15) is 0 Å². The van der Waals surface area contributed by atoms with Crippen LogP contribution in [0.15, 0.2) is 24.3 Å². The van der Waals surface area contributed by atoms with Crippen molar-refractivity contribution in [3.63, 3.8) is 0 Å². The van der Waals surface area contributed by atoms with E-state index in [2.05, 4.69) is 16.0 Å². The number of anilines is 1. The molecule has 0 heterocycles. The Bertz CT molecular complexity index is 776. The van der Waals surface area contributed by atoms with Gasteiger partial charge in [-0.3, -0.25) is 19.2 Å². The maximum absolute atomic E-state index is 12.0. The Kier molecular flexibility index (Phi) is 11.4. The molecule has 0 spiro atoms. The molecular formula is C22H33N3O7. The Hall–Kier alpha value is -2.98. The predicted octanol–water partition coefficient (Wildman–Crippen LogP) is 1.14. The van der Waals surface area contributed by atoms with Crippen LogP contribution in [-0.2, 0) is 40.0 Å². The largest absolute Gasteiger partial charge is 0.461 e. The summed E-state index contributed by atoms with van der Waals surface area (Å²) in [5.74, 6) is -1.68. The van der Waals surface area contributed by atoms with Crippen LogP contribution in [0.25, 0.3) is 0 Å². The fourth-order valence-electron chi connectivity index (χ4n) is 2.37. The molecule has 0 atom stereocenters. The number of hydrogen-bond acceptors (Lipinski definition) is 7. The minimum atomic E-state index is -0.566. The van der Waals surface area contributed by atoms with Crippen molar-refractivity contribution < 1.29 is 33.4 Å². The van der Waals surface area contributed by atoms with E-state index in [0.717, 1.165) is 5.56 Å². The summed E-state index contributed by atoms with van der Waals surface area (Å²) in [6.07, 6.45) is 0.0510. The van der Waals surface area contributed by atoms with Gasteiger partial charge >= 0.3 is 5.97 Å². The fraction of sp³-hybridized carbons (Fsp3) is 0.545. The average molecular weight is 452 g/mol. The molecule has 1 aromatic rings. The second kappa shape index (κ2) is 13.4. The molecule has 0 bridgehead atoms. The van der Waals surface area contributed by atoms with Gasteiger partial charge in [0.2, 0.25) is 17.7 Å². The molecule has 0 aliphatic carbocycles. The van der Waals surface area contributed by atoms with Gasteiger partial charge in [0, 0.05) is 12.6 Å². The van der Waals surface area contributed by atoms with Crippen molar-refractivity contribution in [1.82, 2.24) is 10.6 Å². The zero-order valence-corrected chi connectivity index (χ0v) is 19.3. The number of rotatable bonds is 13. The third-order valence-corrected chi connectivity index (χ3v) is 3.85. The molecule has 0 radical (unpaired) electrons. The minimum absolute atomic E-state index is 0.0510. The molecule has 0 saturated carbocycles. The maximum atomic E-state index is 12.0. The molecule has 3 N–H and O–H groups in total. The standard InChI is InChI=1S/C22H33N3O7/c1-15(2)32-14-22(4,5)25-21(29)13-30-12-20(28)23-10-19(27)24-18-8-6-17(7-9-18)11-31-16(3)26/h6-9,15H,10-14H2,1-5H3,(H,23,28)(H,24,27)(H,25,29). The first-order valence-electron chi connectivity index (χ1n) is 10.3. The van der Waals surface area contributed by atoms with Crippen LogP contribution in [-0.4, -0.2) is 61.7 Å². The Balaban J connectivity index is 2.25. The van der Waals surface area contributed by atoms with Crippen molar-refractivity contribution in [2.75, 3.05) is 31.7 Å². The molecule has 0 saturated heterocycles. The number of benzene rings is 1. The van der Waals surface area contributed by atoms with Gasteiger partial charge in [-0.25, -0.2) is 0 Å². The molecule has 178 valence electrons. The predicted molar refractivity (Wildman–Crippen MR) is 118 cm³/mol. The second-order valence-corrected chi connectivity index (χ2v) is 8.09. The van der Waals surface area contributed by atoms with Crippen molar-refractivity contribution in [3.8, 4) is 0 Å². The minimum Gasteiger partial charge on any atom is -0.461 e. The van der Waals surface area contributed by atoms with E-state index >= 15 is 0 Å². The first kappa shape index (κ1) is 27.1. The molecule has 0 fully saturated rings. The van der Waals surface area contributed by atoms with Gasteiger partial charge in [-0.1, -0.05) is 12.1 Å². The van der Waals surface area contributed by atoms with Crippen molar-refractivity contribution in [2.24, 2.45) is 0 Å². The molecular weight excluding hydrogens is 418 g/mol. The van der Waals surface area contributed by atoms with E-state index in [-0.39, 0.29) is 44.3 Å². The van der Waals surface area contributed by atoms with Crippen molar-refractivity contribution in [1.29, 1.82) is 0 Å². The lowest BCUT2D eigenvalue weighted by Crippen LogP contribution is -2.49. The van der Waals surface area contributed by atoms with Crippen LogP contribution in [0.4, 0.5) is 5.69 Å². The third kappa shape index (κ3) is 12.7. The molecule has 10 nitrogen and oxygen atoms in total. The quantitative estimate of drug-likeness (QED) is 0.383. The monoisotopic (exact) mass is 451 g/mol. The lowest BCUT2D eigenvalue weighted by atomic mass is 10.1. The van der Waals surface area contributed by atoms with Gasteiger partial charge < -0.3 is 30.2 Å². The summed E-state index contributed by atoms with van der Waals surface area (Å²) in [5, 5.41) is 7.82. The highest BCUT2D eigenvalue weighted by Gasteiger charge is 2.21. The van der Waals surface area contributed by atoms with E-state index < -0.39 is 17.4 Å². The highest BCUT2D eigenvalue weighted by molar-refractivity contribution is 5.94. The van der Waals surface area contributed by atoms with E-state index in [0.29, 0.717) is 12.3 Å². The van der Waals surface area contributed by atoms with Crippen molar-refractivity contribution >= 4 is 29.4 Å². The summed E-state index contributed by atoms with van der Waals surface area (Å²) in [6.45, 7) is 8.41. The third-order valence-electron chi connectivity index (χ3n) is 3.85. The zero-order valence-electron chi connectivity index (χ0n) is 19.3. The molecule has 32 heavy (non-hydrogen) atoms. The van der Waals surface area contributed by atoms with Crippen LogP contribution in [0.1, 0.15) is 40.2 Å². The first-order valence-corrected chi connectivity index (χ1v) is 10.3. The van der Waals surface area contributed by atoms with Crippen LogP contribution in [0.5, 0.6) is 0 Å². The Labute approximate surface area is 188 Å². The summed E-state index contributed by atoms with van der Waals surface area (Å²) >= 11 is 0. The topological polar surface area (TPSA) is 132 Å². The highest BCUT2D eigenvalue weighted by atomic mass is 16.5. The number of carbonyl (C=O) groups excluding carboxylic acids is 4. The molecule has 0 unspecified atom stereocenters. The number of esters is 1. The fourth-order valence-corrected chi connectivity index (χ4v) is 2.37. The number of ether oxygens (including phenoxy) is 3. The van der Waals surface area contributed by atoms with Gasteiger partial charge in [0.05, 0.1) is 24.8 Å². The van der Waals surface area contributed by atoms with E-state index in [1.807, 2.05) is 27.7 Å². The van der Waals surface area contributed by atoms with Crippen molar-refractivity contribution in [2.45, 2.75) is 52.9 Å². The lowest BCUT2D eigenvalue weighted by Gasteiger charge is -2.27. The summed E-state index contributed by atoms with van der Waals surface area (Å²) in [6, 6.07) is 6.75. The molecule has 10 heteroatoms. The molecule has 1 rings (SSSR count). The number of nitrogens with one attached hydrogen (secondary N) is 3. The molecule has 3 amide bonds. The maximum Gasteiger partial charge on any atom is 0.302 e. The van der Waals surface area contributed by atoms with Crippen LogP contribution in [0, 0.1) is 0 Å². The number of carbonyl (C=O) groups is 4. The van der Waals surface area contributed by atoms with E-state index in [1.165, 1.54) is 6.92 Å². The molecule has 0 aliphatic rings. The summed E-state index contributed by atoms with van der Waals surface area (Å²) in [7, 11) is 0. The average Bonchev–Trinajstić information content (AvgIpc) is 2.70. The van der Waals surface area contributed by atoms with E-state index in [4.69, 9.17) is 14.2 Å². The normalized spacial score (nSPS) is 11.1. The van der Waals surface area contributed by atoms with E-state index in [9.17, 15) is 19.2 Å². The smallest absolute Gasteiger partial charge is 0.302 e. The highest BCUT2D eigenvalue weighted by Crippen LogP contribution is 2.10. The molecule has 0 aliphatic heterocycles. The Morgan fingerprint density at radius 2 is 1.59 bits per heavy atom. The summed E-state index contributed by atoms with van der Waals surface area (Å²) < 4.78 is 15.5. The Morgan fingerprint density at radius 3 is 2.19 bits per heavy atom. The van der Waals surface area contributed by atoms with Crippen LogP contribution in [0.2, 0.25) is 0 Å². The van der Waals surface area contributed by atoms with Crippen molar-refractivity contribution in [3.05, 3.63) is 29.8 Å². The second-order valence-electron chi connectivity index (χ2n) is 8.09. The molecule has 0 aromatic heterocycles. The lowest BCUT2D eigenvalue weighted by molar-refractivity contribution is -0.142. The molecule has 1 aromatic carbocycles. The summed E-state index contributed by atoms with van der Waals surface area (Å²) in [4.78, 5) is 46.5. The van der Waals surface area contributed by atoms with Gasteiger partial charge in [-0.05, 0) is 45.4 Å². The Morgan fingerprint density at radius 1 is 0.969 bits per heavy atom. The van der Waals surface area contributed by atoms with Gasteiger partial charge in [0.15, 0.2) is 0 Å². The number of amides is 3.